The fourth-order valence-corrected chi connectivity index (χ4v) is 3.57. The zero-order valence-electron chi connectivity index (χ0n) is 17.5. The monoisotopic (exact) mass is 336 g/mol. The Labute approximate surface area is 154 Å². The van der Waals surface area contributed by atoms with Crippen LogP contribution in [0.4, 0.5) is 0 Å². The van der Waals surface area contributed by atoms with E-state index in [1.165, 1.54) is 116 Å². The minimum atomic E-state index is 1.02. The van der Waals surface area contributed by atoms with Crippen LogP contribution in [0, 0.1) is 5.92 Å². The quantitative estimate of drug-likeness (QED) is 0.163. The van der Waals surface area contributed by atoms with Gasteiger partial charge in [-0.25, -0.2) is 0 Å². The summed E-state index contributed by atoms with van der Waals surface area (Å²) in [5.74, 6) is 1.02. The fraction of sp³-hybridized carbons (Fsp3) is 0.917. The number of allylic oxidation sites excluding steroid dienone is 2. The first-order valence-electron chi connectivity index (χ1n) is 11.5. The van der Waals surface area contributed by atoms with E-state index in [0.717, 1.165) is 5.92 Å². The third kappa shape index (κ3) is 18.1. The van der Waals surface area contributed by atoms with Gasteiger partial charge < -0.3 is 0 Å². The maximum absolute atomic E-state index is 2.42. The standard InChI is InChI=1S/C24H48/c1-4-7-10-12-14-16-18-20-23-24(21-9-6-3)22-19-17-15-13-11-8-5-2/h12,14,24H,4-11,13,15-23H2,1-3H3. The highest BCUT2D eigenvalue weighted by Crippen LogP contribution is 2.23. The minimum Gasteiger partial charge on any atom is -0.0885 e. The van der Waals surface area contributed by atoms with Gasteiger partial charge in [-0.15, -0.1) is 0 Å². The first-order valence-corrected chi connectivity index (χ1v) is 11.5. The molecule has 0 nitrogen and oxygen atoms in total. The van der Waals surface area contributed by atoms with Crippen molar-refractivity contribution in [3.8, 4) is 0 Å². The van der Waals surface area contributed by atoms with Gasteiger partial charge in [0.1, 0.15) is 0 Å². The van der Waals surface area contributed by atoms with E-state index < -0.39 is 0 Å². The van der Waals surface area contributed by atoms with Crippen LogP contribution in [0.3, 0.4) is 0 Å². The van der Waals surface area contributed by atoms with Crippen molar-refractivity contribution < 1.29 is 0 Å². The van der Waals surface area contributed by atoms with E-state index in [1.807, 2.05) is 0 Å². The Hall–Kier alpha value is -0.260. The summed E-state index contributed by atoms with van der Waals surface area (Å²) in [4.78, 5) is 0. The lowest BCUT2D eigenvalue weighted by Gasteiger charge is -2.16. The van der Waals surface area contributed by atoms with Crippen molar-refractivity contribution in [2.24, 2.45) is 5.92 Å². The van der Waals surface area contributed by atoms with Crippen LogP contribution in [0.2, 0.25) is 0 Å². The van der Waals surface area contributed by atoms with Gasteiger partial charge in [-0.05, 0) is 25.2 Å². The molecule has 144 valence electrons. The molecule has 0 heterocycles. The number of rotatable bonds is 19. The summed E-state index contributed by atoms with van der Waals surface area (Å²) in [7, 11) is 0. The van der Waals surface area contributed by atoms with Gasteiger partial charge in [0, 0.05) is 0 Å². The molecular formula is C24H48. The molecule has 0 aromatic carbocycles. The summed E-state index contributed by atoms with van der Waals surface area (Å²) in [6, 6.07) is 0. The van der Waals surface area contributed by atoms with Crippen LogP contribution in [-0.4, -0.2) is 0 Å². The van der Waals surface area contributed by atoms with Gasteiger partial charge in [0.05, 0.1) is 0 Å². The molecule has 0 aliphatic carbocycles. The third-order valence-corrected chi connectivity index (χ3v) is 5.31. The van der Waals surface area contributed by atoms with Gasteiger partial charge in [0.15, 0.2) is 0 Å². The van der Waals surface area contributed by atoms with Crippen molar-refractivity contribution >= 4 is 0 Å². The summed E-state index contributed by atoms with van der Waals surface area (Å²) in [6.45, 7) is 6.92. The zero-order valence-corrected chi connectivity index (χ0v) is 17.5. The second kappa shape index (κ2) is 20.8. The highest BCUT2D eigenvalue weighted by atomic mass is 14.1. The van der Waals surface area contributed by atoms with Crippen molar-refractivity contribution in [2.45, 2.75) is 136 Å². The Kier molecular flexibility index (Phi) is 20.6. The molecule has 0 rings (SSSR count). The summed E-state index contributed by atoms with van der Waals surface area (Å²) < 4.78 is 0. The van der Waals surface area contributed by atoms with E-state index in [0.29, 0.717) is 0 Å². The number of hydrogen-bond acceptors (Lipinski definition) is 0. The Bertz CT molecular complexity index is 240. The first kappa shape index (κ1) is 23.7. The van der Waals surface area contributed by atoms with E-state index in [9.17, 15) is 0 Å². The molecule has 0 aliphatic rings. The molecular weight excluding hydrogens is 288 g/mol. The number of hydrogen-bond donors (Lipinski definition) is 0. The van der Waals surface area contributed by atoms with E-state index >= 15 is 0 Å². The van der Waals surface area contributed by atoms with Gasteiger partial charge in [-0.1, -0.05) is 129 Å². The van der Waals surface area contributed by atoms with Crippen LogP contribution in [0.15, 0.2) is 12.2 Å². The molecule has 0 N–H and O–H groups in total. The minimum absolute atomic E-state index is 1.02. The average Bonchev–Trinajstić information content (AvgIpc) is 2.60. The van der Waals surface area contributed by atoms with Crippen molar-refractivity contribution in [3.05, 3.63) is 12.2 Å². The molecule has 0 bridgehead atoms. The Morgan fingerprint density at radius 3 is 1.54 bits per heavy atom. The first-order chi connectivity index (χ1) is 11.8. The van der Waals surface area contributed by atoms with Crippen LogP contribution in [0.25, 0.3) is 0 Å². The van der Waals surface area contributed by atoms with Gasteiger partial charge in [-0.3, -0.25) is 0 Å². The van der Waals surface area contributed by atoms with E-state index in [2.05, 4.69) is 32.9 Å². The summed E-state index contributed by atoms with van der Waals surface area (Å²) >= 11 is 0. The maximum atomic E-state index is 2.42. The normalized spacial score (nSPS) is 13.0. The lowest BCUT2D eigenvalue weighted by molar-refractivity contribution is 0.374. The van der Waals surface area contributed by atoms with Crippen molar-refractivity contribution in [3.63, 3.8) is 0 Å². The van der Waals surface area contributed by atoms with Gasteiger partial charge in [-0.2, -0.15) is 0 Å². The lowest BCUT2D eigenvalue weighted by atomic mass is 9.90. The summed E-state index contributed by atoms with van der Waals surface area (Å²) in [5, 5.41) is 0. The molecule has 1 unspecified atom stereocenters. The van der Waals surface area contributed by atoms with Crippen molar-refractivity contribution in [1.29, 1.82) is 0 Å². The SMILES string of the molecule is CCCCC=CCCCCC(CCCC)CCCCCCCCC. The average molecular weight is 337 g/mol. The predicted octanol–water partition coefficient (Wildman–Crippen LogP) is 9.24. The molecule has 0 spiro atoms. The van der Waals surface area contributed by atoms with Crippen LogP contribution in [-0.2, 0) is 0 Å². The van der Waals surface area contributed by atoms with Gasteiger partial charge >= 0.3 is 0 Å². The predicted molar refractivity (Wildman–Crippen MR) is 113 cm³/mol. The Morgan fingerprint density at radius 2 is 0.917 bits per heavy atom. The Morgan fingerprint density at radius 1 is 0.458 bits per heavy atom. The van der Waals surface area contributed by atoms with E-state index in [-0.39, 0.29) is 0 Å². The molecule has 0 saturated carbocycles. The molecule has 0 amide bonds. The molecule has 0 aromatic rings. The summed E-state index contributed by atoms with van der Waals surface area (Å²) in [6.07, 6.45) is 30.4. The molecule has 0 aromatic heterocycles. The van der Waals surface area contributed by atoms with E-state index in [4.69, 9.17) is 0 Å². The number of unbranched alkanes of at least 4 members (excludes halogenated alkanes) is 11. The highest BCUT2D eigenvalue weighted by molar-refractivity contribution is 4.81. The fourth-order valence-electron chi connectivity index (χ4n) is 3.57. The molecule has 1 atom stereocenters. The molecule has 0 fully saturated rings. The lowest BCUT2D eigenvalue weighted by Crippen LogP contribution is -2.01. The van der Waals surface area contributed by atoms with Crippen LogP contribution < -0.4 is 0 Å². The third-order valence-electron chi connectivity index (χ3n) is 5.31. The largest absolute Gasteiger partial charge is 0.0885 e. The van der Waals surface area contributed by atoms with Crippen molar-refractivity contribution in [1.82, 2.24) is 0 Å². The smallest absolute Gasteiger partial charge is 0.0351 e. The molecule has 0 aliphatic heterocycles. The molecule has 24 heavy (non-hydrogen) atoms. The maximum Gasteiger partial charge on any atom is -0.0351 e. The van der Waals surface area contributed by atoms with E-state index in [1.54, 1.807) is 0 Å². The molecule has 0 radical (unpaired) electrons. The molecule has 0 saturated heterocycles. The van der Waals surface area contributed by atoms with Gasteiger partial charge in [0.2, 0.25) is 0 Å². The van der Waals surface area contributed by atoms with Crippen LogP contribution in [0.1, 0.15) is 136 Å². The molecule has 0 heteroatoms. The van der Waals surface area contributed by atoms with Crippen molar-refractivity contribution in [2.75, 3.05) is 0 Å². The highest BCUT2D eigenvalue weighted by Gasteiger charge is 2.07. The Balaban J connectivity index is 3.63. The second-order valence-corrected chi connectivity index (χ2v) is 7.82. The zero-order chi connectivity index (χ0) is 17.7. The second-order valence-electron chi connectivity index (χ2n) is 7.82. The topological polar surface area (TPSA) is 0 Å². The van der Waals surface area contributed by atoms with Crippen LogP contribution >= 0.6 is 0 Å². The van der Waals surface area contributed by atoms with Crippen LogP contribution in [0.5, 0.6) is 0 Å². The van der Waals surface area contributed by atoms with Gasteiger partial charge in [0.25, 0.3) is 0 Å². The summed E-state index contributed by atoms with van der Waals surface area (Å²) in [5.41, 5.74) is 0.